The molecule has 0 bridgehead atoms. The fourth-order valence-corrected chi connectivity index (χ4v) is 4.37. The standard InChI is InChI=1S/C20H35NO2Si/c1-19(2,3)24(6,7)23-18-15-21(14-17(22)20(18,4)5)13-16-11-9-8-10-12-16/h8-12,17-18,22H,13-15H2,1-7H3. The van der Waals surface area contributed by atoms with Gasteiger partial charge >= 0.3 is 0 Å². The van der Waals surface area contributed by atoms with Crippen molar-refractivity contribution in [3.63, 3.8) is 0 Å². The Bertz CT molecular complexity index is 536. The monoisotopic (exact) mass is 349 g/mol. The molecule has 1 N–H and O–H groups in total. The first-order valence-corrected chi connectivity index (χ1v) is 12.0. The van der Waals surface area contributed by atoms with Gasteiger partial charge in [0.15, 0.2) is 8.32 Å². The first-order valence-electron chi connectivity index (χ1n) is 9.05. The van der Waals surface area contributed by atoms with Gasteiger partial charge < -0.3 is 9.53 Å². The Labute approximate surface area is 149 Å². The molecule has 1 fully saturated rings. The number of piperidine rings is 1. The minimum atomic E-state index is -1.87. The van der Waals surface area contributed by atoms with Crippen LogP contribution in [0.2, 0.25) is 18.1 Å². The van der Waals surface area contributed by atoms with Gasteiger partial charge in [-0.15, -0.1) is 0 Å². The lowest BCUT2D eigenvalue weighted by Crippen LogP contribution is -2.60. The molecule has 0 aliphatic carbocycles. The zero-order chi connectivity index (χ0) is 18.2. The summed E-state index contributed by atoms with van der Waals surface area (Å²) in [5, 5.41) is 10.9. The molecule has 1 saturated heterocycles. The summed E-state index contributed by atoms with van der Waals surface area (Å²) in [6.07, 6.45) is -0.310. The van der Waals surface area contributed by atoms with Crippen molar-refractivity contribution >= 4 is 8.32 Å². The van der Waals surface area contributed by atoms with Crippen LogP contribution in [-0.2, 0) is 11.0 Å². The van der Waals surface area contributed by atoms with Gasteiger partial charge in [-0.2, -0.15) is 0 Å². The second-order valence-electron chi connectivity index (χ2n) is 9.38. The van der Waals surface area contributed by atoms with Crippen LogP contribution in [0.5, 0.6) is 0 Å². The molecule has 2 unspecified atom stereocenters. The van der Waals surface area contributed by atoms with Crippen LogP contribution in [-0.4, -0.2) is 43.6 Å². The minimum absolute atomic E-state index is 0.0610. The molecule has 0 saturated carbocycles. The first kappa shape index (κ1) is 19.6. The van der Waals surface area contributed by atoms with Crippen molar-refractivity contribution in [3.05, 3.63) is 35.9 Å². The summed E-state index contributed by atoms with van der Waals surface area (Å²) >= 11 is 0. The topological polar surface area (TPSA) is 32.7 Å². The maximum atomic E-state index is 10.7. The molecular formula is C20H35NO2Si. The van der Waals surface area contributed by atoms with Gasteiger partial charge in [-0.1, -0.05) is 65.0 Å². The molecule has 0 radical (unpaired) electrons. The van der Waals surface area contributed by atoms with E-state index in [0.717, 1.165) is 13.1 Å². The summed E-state index contributed by atoms with van der Waals surface area (Å²) in [4.78, 5) is 2.34. The molecule has 2 atom stereocenters. The summed E-state index contributed by atoms with van der Waals surface area (Å²) < 4.78 is 6.73. The summed E-state index contributed by atoms with van der Waals surface area (Å²) in [6.45, 7) is 18.2. The number of aliphatic hydroxyl groups is 1. The smallest absolute Gasteiger partial charge is 0.192 e. The lowest BCUT2D eigenvalue weighted by molar-refractivity contribution is -0.104. The Morgan fingerprint density at radius 3 is 2.29 bits per heavy atom. The normalized spacial score (nSPS) is 25.7. The number of likely N-dealkylation sites (tertiary alicyclic amines) is 1. The predicted octanol–water partition coefficient (Wildman–Crippen LogP) is 4.28. The highest BCUT2D eigenvalue weighted by Gasteiger charge is 2.48. The van der Waals surface area contributed by atoms with Gasteiger partial charge in [-0.05, 0) is 23.7 Å². The molecule has 0 aromatic heterocycles. The zero-order valence-corrected chi connectivity index (χ0v) is 17.5. The molecule has 1 aliphatic heterocycles. The fraction of sp³-hybridized carbons (Fsp3) is 0.700. The van der Waals surface area contributed by atoms with Gasteiger partial charge in [0, 0.05) is 25.0 Å². The Hall–Kier alpha value is -0.683. The predicted molar refractivity (Wildman–Crippen MR) is 104 cm³/mol. The molecule has 24 heavy (non-hydrogen) atoms. The van der Waals surface area contributed by atoms with Crippen molar-refractivity contribution in [1.29, 1.82) is 0 Å². The lowest BCUT2D eigenvalue weighted by atomic mass is 9.77. The third kappa shape index (κ3) is 4.28. The van der Waals surface area contributed by atoms with Crippen molar-refractivity contribution in [2.24, 2.45) is 5.41 Å². The van der Waals surface area contributed by atoms with E-state index < -0.39 is 8.32 Å². The molecule has 1 aromatic carbocycles. The van der Waals surface area contributed by atoms with E-state index in [4.69, 9.17) is 4.43 Å². The highest BCUT2D eigenvalue weighted by molar-refractivity contribution is 6.74. The van der Waals surface area contributed by atoms with Crippen molar-refractivity contribution in [3.8, 4) is 0 Å². The zero-order valence-electron chi connectivity index (χ0n) is 16.5. The Morgan fingerprint density at radius 2 is 1.75 bits per heavy atom. The van der Waals surface area contributed by atoms with Crippen LogP contribution in [0.25, 0.3) is 0 Å². The molecule has 1 heterocycles. The number of hydrogen-bond donors (Lipinski definition) is 1. The largest absolute Gasteiger partial charge is 0.412 e. The van der Waals surface area contributed by atoms with Crippen LogP contribution in [0, 0.1) is 5.41 Å². The molecule has 0 spiro atoms. The van der Waals surface area contributed by atoms with Crippen LogP contribution in [0.3, 0.4) is 0 Å². The third-order valence-corrected chi connectivity index (χ3v) is 10.5. The molecule has 136 valence electrons. The summed E-state index contributed by atoms with van der Waals surface area (Å²) in [5.41, 5.74) is 1.07. The van der Waals surface area contributed by atoms with E-state index in [0.29, 0.717) is 6.54 Å². The molecular weight excluding hydrogens is 314 g/mol. The van der Waals surface area contributed by atoms with E-state index in [2.05, 4.69) is 76.9 Å². The second-order valence-corrected chi connectivity index (χ2v) is 14.1. The first-order chi connectivity index (χ1) is 10.9. The lowest BCUT2D eigenvalue weighted by Gasteiger charge is -2.51. The molecule has 3 nitrogen and oxygen atoms in total. The number of hydrogen-bond acceptors (Lipinski definition) is 3. The third-order valence-electron chi connectivity index (χ3n) is 6.04. The minimum Gasteiger partial charge on any atom is -0.412 e. The van der Waals surface area contributed by atoms with E-state index in [1.54, 1.807) is 0 Å². The Balaban J connectivity index is 2.15. The van der Waals surface area contributed by atoms with Gasteiger partial charge in [0.1, 0.15) is 0 Å². The van der Waals surface area contributed by atoms with Crippen molar-refractivity contribution in [2.45, 2.75) is 71.5 Å². The van der Waals surface area contributed by atoms with Gasteiger partial charge in [0.2, 0.25) is 0 Å². The van der Waals surface area contributed by atoms with E-state index in [1.165, 1.54) is 5.56 Å². The van der Waals surface area contributed by atoms with Gasteiger partial charge in [0.25, 0.3) is 0 Å². The highest BCUT2D eigenvalue weighted by Crippen LogP contribution is 2.42. The Kier molecular flexibility index (Phi) is 5.65. The van der Waals surface area contributed by atoms with Gasteiger partial charge in [-0.25, -0.2) is 0 Å². The highest BCUT2D eigenvalue weighted by atomic mass is 28.4. The number of rotatable bonds is 4. The maximum absolute atomic E-state index is 10.7. The molecule has 0 amide bonds. The number of aliphatic hydroxyl groups excluding tert-OH is 1. The number of benzene rings is 1. The van der Waals surface area contributed by atoms with E-state index in [9.17, 15) is 5.11 Å². The van der Waals surface area contributed by atoms with Crippen LogP contribution in [0.4, 0.5) is 0 Å². The van der Waals surface area contributed by atoms with Crippen LogP contribution in [0.1, 0.15) is 40.2 Å². The van der Waals surface area contributed by atoms with Crippen molar-refractivity contribution in [1.82, 2.24) is 4.90 Å². The second kappa shape index (κ2) is 6.91. The van der Waals surface area contributed by atoms with Crippen LogP contribution >= 0.6 is 0 Å². The fourth-order valence-electron chi connectivity index (χ4n) is 2.93. The van der Waals surface area contributed by atoms with Crippen molar-refractivity contribution in [2.75, 3.05) is 13.1 Å². The van der Waals surface area contributed by atoms with E-state index in [-0.39, 0.29) is 22.7 Å². The number of β-amino-alcohol motifs (C(OH)–C–C–N with tert-alkyl or cyclic N) is 1. The van der Waals surface area contributed by atoms with Gasteiger partial charge in [-0.3, -0.25) is 4.90 Å². The quantitative estimate of drug-likeness (QED) is 0.824. The SMILES string of the molecule is CC1(C)C(O)CN(Cc2ccccc2)CC1O[Si](C)(C)C(C)(C)C. The van der Waals surface area contributed by atoms with E-state index >= 15 is 0 Å². The summed E-state index contributed by atoms with van der Waals surface area (Å²) in [5.74, 6) is 0. The van der Waals surface area contributed by atoms with Crippen molar-refractivity contribution < 1.29 is 9.53 Å². The van der Waals surface area contributed by atoms with E-state index in [1.807, 2.05) is 6.07 Å². The summed E-state index contributed by atoms with van der Waals surface area (Å²) in [6, 6.07) is 10.5. The Morgan fingerprint density at radius 1 is 1.17 bits per heavy atom. The average molecular weight is 350 g/mol. The average Bonchev–Trinajstić information content (AvgIpc) is 2.44. The van der Waals surface area contributed by atoms with Crippen LogP contribution in [0.15, 0.2) is 30.3 Å². The van der Waals surface area contributed by atoms with Gasteiger partial charge in [0.05, 0.1) is 12.2 Å². The maximum Gasteiger partial charge on any atom is 0.192 e. The molecule has 2 rings (SSSR count). The van der Waals surface area contributed by atoms with Crippen LogP contribution < -0.4 is 0 Å². The molecule has 1 aliphatic rings. The summed E-state index contributed by atoms with van der Waals surface area (Å²) in [7, 11) is -1.87. The molecule has 4 heteroatoms. The number of nitrogens with zero attached hydrogens (tertiary/aromatic N) is 1. The molecule has 1 aromatic rings.